The number of hydrogen-bond acceptors (Lipinski definition) is 4. The first-order valence-electron chi connectivity index (χ1n) is 11.2. The molecule has 3 aromatic rings. The highest BCUT2D eigenvalue weighted by Gasteiger charge is 2.23. The molecule has 2 aromatic carbocycles. The lowest BCUT2D eigenvalue weighted by atomic mass is 9.88. The van der Waals surface area contributed by atoms with Gasteiger partial charge in [0.15, 0.2) is 5.69 Å². The molecular formula is C25H32N4O2. The first-order valence-corrected chi connectivity index (χ1v) is 11.2. The molecule has 0 unspecified atom stereocenters. The van der Waals surface area contributed by atoms with Gasteiger partial charge in [-0.1, -0.05) is 24.3 Å². The third-order valence-corrected chi connectivity index (χ3v) is 6.41. The van der Waals surface area contributed by atoms with E-state index in [4.69, 9.17) is 5.73 Å². The number of fused-ring (bicyclic) bond motifs is 1. The first kappa shape index (κ1) is 21.4. The summed E-state index contributed by atoms with van der Waals surface area (Å²) >= 11 is 0. The van der Waals surface area contributed by atoms with Crippen molar-refractivity contribution >= 4 is 16.8 Å². The monoisotopic (exact) mass is 420 g/mol. The van der Waals surface area contributed by atoms with Crippen molar-refractivity contribution in [1.29, 1.82) is 0 Å². The van der Waals surface area contributed by atoms with Crippen LogP contribution in [0.15, 0.2) is 42.5 Å². The zero-order valence-electron chi connectivity index (χ0n) is 18.4. The van der Waals surface area contributed by atoms with Gasteiger partial charge in [-0.15, -0.1) is 0 Å². The predicted molar refractivity (Wildman–Crippen MR) is 123 cm³/mol. The van der Waals surface area contributed by atoms with Crippen molar-refractivity contribution in [1.82, 2.24) is 14.7 Å². The van der Waals surface area contributed by atoms with Crippen molar-refractivity contribution in [2.75, 3.05) is 19.6 Å². The van der Waals surface area contributed by atoms with Gasteiger partial charge in [0, 0.05) is 18.0 Å². The van der Waals surface area contributed by atoms with Gasteiger partial charge in [-0.2, -0.15) is 5.10 Å². The number of hydrogen-bond donors (Lipinski definition) is 2. The molecule has 6 nitrogen and oxygen atoms in total. The molecule has 164 valence electrons. The van der Waals surface area contributed by atoms with Crippen molar-refractivity contribution in [3.8, 4) is 5.75 Å². The lowest BCUT2D eigenvalue weighted by molar-refractivity contribution is 0.0996. The number of aromatic nitrogens is 2. The van der Waals surface area contributed by atoms with E-state index >= 15 is 0 Å². The van der Waals surface area contributed by atoms with Crippen molar-refractivity contribution in [3.05, 3.63) is 59.3 Å². The van der Waals surface area contributed by atoms with Crippen LogP contribution in [0.25, 0.3) is 10.9 Å². The van der Waals surface area contributed by atoms with E-state index in [9.17, 15) is 9.90 Å². The van der Waals surface area contributed by atoms with E-state index in [1.807, 2.05) is 22.9 Å². The number of amides is 1. The molecule has 0 spiro atoms. The van der Waals surface area contributed by atoms with Crippen LogP contribution < -0.4 is 5.73 Å². The Morgan fingerprint density at radius 2 is 1.87 bits per heavy atom. The van der Waals surface area contributed by atoms with Gasteiger partial charge in [0.1, 0.15) is 5.75 Å². The first-order chi connectivity index (χ1) is 14.9. The minimum atomic E-state index is -0.457. The summed E-state index contributed by atoms with van der Waals surface area (Å²) in [5.74, 6) is 0.456. The quantitative estimate of drug-likeness (QED) is 0.607. The van der Waals surface area contributed by atoms with E-state index in [1.165, 1.54) is 11.1 Å². The van der Waals surface area contributed by atoms with Crippen LogP contribution in [0.2, 0.25) is 0 Å². The van der Waals surface area contributed by atoms with Gasteiger partial charge in [-0.05, 0) is 87.9 Å². The Morgan fingerprint density at radius 3 is 2.52 bits per heavy atom. The van der Waals surface area contributed by atoms with Crippen LogP contribution in [-0.2, 0) is 12.8 Å². The Kier molecular flexibility index (Phi) is 6.28. The van der Waals surface area contributed by atoms with Gasteiger partial charge < -0.3 is 15.7 Å². The Balaban J connectivity index is 1.41. The SMILES string of the molecule is CC(C)n1nc(C(N)=O)c2c(CC3CCN(CCc4ccc(O)cc4)CC3)cccc21. The second kappa shape index (κ2) is 9.10. The van der Waals surface area contributed by atoms with E-state index < -0.39 is 5.91 Å². The molecule has 0 saturated carbocycles. The number of rotatable bonds is 7. The number of nitrogens with two attached hydrogens (primary N) is 1. The Morgan fingerprint density at radius 1 is 1.16 bits per heavy atom. The van der Waals surface area contributed by atoms with E-state index in [0.717, 1.165) is 56.2 Å². The summed E-state index contributed by atoms with van der Waals surface area (Å²) in [6, 6.07) is 13.9. The van der Waals surface area contributed by atoms with E-state index in [2.05, 4.69) is 36.0 Å². The minimum absolute atomic E-state index is 0.169. The normalized spacial score (nSPS) is 15.7. The van der Waals surface area contributed by atoms with Crippen LogP contribution >= 0.6 is 0 Å². The molecule has 31 heavy (non-hydrogen) atoms. The van der Waals surface area contributed by atoms with E-state index in [0.29, 0.717) is 17.4 Å². The predicted octanol–water partition coefficient (Wildman–Crippen LogP) is 3.92. The van der Waals surface area contributed by atoms with Gasteiger partial charge in [0.05, 0.1) is 5.52 Å². The molecule has 1 aromatic heterocycles. The average Bonchev–Trinajstić information content (AvgIpc) is 3.16. The molecule has 3 N–H and O–H groups in total. The average molecular weight is 421 g/mol. The van der Waals surface area contributed by atoms with Gasteiger partial charge >= 0.3 is 0 Å². The summed E-state index contributed by atoms with van der Waals surface area (Å²) < 4.78 is 1.91. The fraction of sp³-hybridized carbons (Fsp3) is 0.440. The number of likely N-dealkylation sites (tertiary alicyclic amines) is 1. The van der Waals surface area contributed by atoms with Crippen molar-refractivity contribution in [2.45, 2.75) is 45.6 Å². The minimum Gasteiger partial charge on any atom is -0.508 e. The van der Waals surface area contributed by atoms with Crippen LogP contribution in [0.1, 0.15) is 54.3 Å². The topological polar surface area (TPSA) is 84.4 Å². The Bertz CT molecular complexity index is 1050. The highest BCUT2D eigenvalue weighted by atomic mass is 16.3. The van der Waals surface area contributed by atoms with Crippen LogP contribution in [0, 0.1) is 5.92 Å². The maximum atomic E-state index is 12.1. The van der Waals surface area contributed by atoms with Gasteiger partial charge in [-0.25, -0.2) is 0 Å². The number of piperidine rings is 1. The molecule has 1 amide bonds. The van der Waals surface area contributed by atoms with Crippen molar-refractivity contribution in [3.63, 3.8) is 0 Å². The van der Waals surface area contributed by atoms with Gasteiger partial charge in [0.2, 0.25) is 0 Å². The molecule has 0 aliphatic carbocycles. The number of benzene rings is 2. The summed E-state index contributed by atoms with van der Waals surface area (Å²) in [5, 5.41) is 14.9. The van der Waals surface area contributed by atoms with Crippen molar-refractivity contribution in [2.24, 2.45) is 11.7 Å². The lowest BCUT2D eigenvalue weighted by Gasteiger charge is -2.32. The standard InChI is InChI=1S/C25H32N4O2/c1-17(2)29-22-5-3-4-20(23(22)24(27-29)25(26)31)16-19-11-14-28(15-12-19)13-10-18-6-8-21(30)9-7-18/h3-9,17,19,30H,10-16H2,1-2H3,(H2,26,31). The fourth-order valence-electron chi connectivity index (χ4n) is 4.67. The number of carbonyl (C=O) groups excluding carboxylic acids is 1. The molecule has 1 fully saturated rings. The molecular weight excluding hydrogens is 388 g/mol. The third-order valence-electron chi connectivity index (χ3n) is 6.41. The zero-order valence-corrected chi connectivity index (χ0v) is 18.4. The molecule has 1 aliphatic rings. The molecule has 4 rings (SSSR count). The second-order valence-corrected chi connectivity index (χ2v) is 8.97. The van der Waals surface area contributed by atoms with E-state index in [-0.39, 0.29) is 6.04 Å². The number of primary amides is 1. The number of aromatic hydroxyl groups is 1. The number of carbonyl (C=O) groups is 1. The molecule has 1 aliphatic heterocycles. The Hall–Kier alpha value is -2.86. The molecule has 2 heterocycles. The van der Waals surface area contributed by atoms with E-state index in [1.54, 1.807) is 12.1 Å². The number of phenolic OH excluding ortho intramolecular Hbond substituents is 1. The second-order valence-electron chi connectivity index (χ2n) is 8.97. The summed E-state index contributed by atoms with van der Waals surface area (Å²) in [6.07, 6.45) is 4.25. The van der Waals surface area contributed by atoms with Crippen LogP contribution in [0.5, 0.6) is 5.75 Å². The maximum Gasteiger partial charge on any atom is 0.269 e. The van der Waals surface area contributed by atoms with Crippen molar-refractivity contribution < 1.29 is 9.90 Å². The molecule has 0 radical (unpaired) electrons. The summed E-state index contributed by atoms with van der Waals surface area (Å²) in [7, 11) is 0. The summed E-state index contributed by atoms with van der Waals surface area (Å²) in [6.45, 7) is 7.36. The molecule has 1 saturated heterocycles. The largest absolute Gasteiger partial charge is 0.508 e. The number of phenols is 1. The highest BCUT2D eigenvalue weighted by molar-refractivity contribution is 6.05. The smallest absolute Gasteiger partial charge is 0.269 e. The van der Waals surface area contributed by atoms with Crippen LogP contribution in [0.4, 0.5) is 0 Å². The number of nitrogens with zero attached hydrogens (tertiary/aromatic N) is 3. The summed E-state index contributed by atoms with van der Waals surface area (Å²) in [4.78, 5) is 14.6. The van der Waals surface area contributed by atoms with Crippen LogP contribution in [0.3, 0.4) is 0 Å². The fourth-order valence-corrected chi connectivity index (χ4v) is 4.67. The maximum absolute atomic E-state index is 12.1. The lowest BCUT2D eigenvalue weighted by Crippen LogP contribution is -2.35. The molecule has 0 atom stereocenters. The van der Waals surface area contributed by atoms with Gasteiger partial charge in [0.25, 0.3) is 5.91 Å². The molecule has 0 bridgehead atoms. The zero-order chi connectivity index (χ0) is 22.0. The molecule has 6 heteroatoms. The van der Waals surface area contributed by atoms with Crippen LogP contribution in [-0.4, -0.2) is 45.3 Å². The Labute approximate surface area is 183 Å². The van der Waals surface area contributed by atoms with Gasteiger partial charge in [-0.3, -0.25) is 9.48 Å². The third kappa shape index (κ3) is 4.74. The highest BCUT2D eigenvalue weighted by Crippen LogP contribution is 2.30. The summed E-state index contributed by atoms with van der Waals surface area (Å²) in [5.41, 5.74) is 9.49.